The van der Waals surface area contributed by atoms with Crippen LogP contribution >= 0.6 is 0 Å². The number of hydrogen-bond donors (Lipinski definition) is 2. The molecule has 1 saturated heterocycles. The van der Waals surface area contributed by atoms with Crippen molar-refractivity contribution in [1.82, 2.24) is 0 Å². The van der Waals surface area contributed by atoms with Gasteiger partial charge < -0.3 is 14.7 Å². The zero-order chi connectivity index (χ0) is 14.5. The molecule has 3 nitrogen and oxygen atoms in total. The minimum absolute atomic E-state index is 0.379. The molecular formula is C17H28NO2+. The number of aryl methyl sites for hydroxylation is 2. The van der Waals surface area contributed by atoms with Gasteiger partial charge in [0.1, 0.15) is 25.0 Å². The molecule has 2 rings (SSSR count). The summed E-state index contributed by atoms with van der Waals surface area (Å²) < 4.78 is 5.78. The number of benzene rings is 1. The van der Waals surface area contributed by atoms with Crippen LogP contribution in [0.1, 0.15) is 30.9 Å². The fourth-order valence-corrected chi connectivity index (χ4v) is 3.02. The smallest absolute Gasteiger partial charge is 0.137 e. The predicted octanol–water partition coefficient (Wildman–Crippen LogP) is 1.36. The Morgan fingerprint density at radius 3 is 2.95 bits per heavy atom. The standard InChI is InChI=1S/C17H27NO2/c1-13-6-7-15(3)17(9-13)20-12-16(19)11-18-8-4-5-14(2)10-18/h6-7,9,14,16,19H,4-5,8,10-12H2,1-3H3/p+1/t14-,16-/m0/s1. The van der Waals surface area contributed by atoms with E-state index in [2.05, 4.69) is 26.0 Å². The van der Waals surface area contributed by atoms with E-state index in [1.807, 2.05) is 13.0 Å². The van der Waals surface area contributed by atoms with Crippen LogP contribution < -0.4 is 9.64 Å². The second kappa shape index (κ2) is 7.09. The average molecular weight is 278 g/mol. The number of quaternary nitrogens is 1. The van der Waals surface area contributed by atoms with E-state index in [9.17, 15) is 5.11 Å². The van der Waals surface area contributed by atoms with Crippen molar-refractivity contribution >= 4 is 0 Å². The summed E-state index contributed by atoms with van der Waals surface area (Å²) in [5, 5.41) is 10.2. The van der Waals surface area contributed by atoms with Crippen molar-refractivity contribution in [2.24, 2.45) is 5.92 Å². The van der Waals surface area contributed by atoms with Crippen molar-refractivity contribution in [2.45, 2.75) is 39.7 Å². The Labute approximate surface area is 122 Å². The van der Waals surface area contributed by atoms with Crippen molar-refractivity contribution in [3.8, 4) is 5.75 Å². The quantitative estimate of drug-likeness (QED) is 0.853. The SMILES string of the molecule is Cc1ccc(C)c(OC[C@@H](O)C[NH+]2CCC[C@H](C)C2)c1. The highest BCUT2D eigenvalue weighted by molar-refractivity contribution is 5.35. The van der Waals surface area contributed by atoms with Crippen LogP contribution in [0.3, 0.4) is 0 Å². The van der Waals surface area contributed by atoms with Crippen LogP contribution in [0.25, 0.3) is 0 Å². The van der Waals surface area contributed by atoms with Crippen LogP contribution in [0.4, 0.5) is 0 Å². The molecule has 1 aromatic carbocycles. The zero-order valence-corrected chi connectivity index (χ0v) is 13.0. The van der Waals surface area contributed by atoms with Crippen molar-refractivity contribution < 1.29 is 14.7 Å². The number of piperidine rings is 1. The van der Waals surface area contributed by atoms with Gasteiger partial charge in [-0.05, 0) is 43.9 Å². The second-order valence-corrected chi connectivity index (χ2v) is 6.39. The van der Waals surface area contributed by atoms with Gasteiger partial charge in [-0.1, -0.05) is 19.1 Å². The minimum Gasteiger partial charge on any atom is -0.490 e. The summed E-state index contributed by atoms with van der Waals surface area (Å²) in [6, 6.07) is 6.18. The topological polar surface area (TPSA) is 33.9 Å². The molecule has 0 saturated carbocycles. The third-order valence-electron chi connectivity index (χ3n) is 4.16. The van der Waals surface area contributed by atoms with Crippen LogP contribution in [-0.2, 0) is 0 Å². The Kier molecular flexibility index (Phi) is 5.44. The predicted molar refractivity (Wildman–Crippen MR) is 81.4 cm³/mol. The van der Waals surface area contributed by atoms with Gasteiger partial charge in [0.25, 0.3) is 0 Å². The number of aliphatic hydroxyl groups excluding tert-OH is 1. The van der Waals surface area contributed by atoms with Crippen molar-refractivity contribution in [2.75, 3.05) is 26.2 Å². The molecule has 0 aromatic heterocycles. The highest BCUT2D eigenvalue weighted by Crippen LogP contribution is 2.19. The lowest BCUT2D eigenvalue weighted by atomic mass is 10.0. The van der Waals surface area contributed by atoms with Crippen molar-refractivity contribution in [3.63, 3.8) is 0 Å². The van der Waals surface area contributed by atoms with Gasteiger partial charge in [-0.15, -0.1) is 0 Å². The lowest BCUT2D eigenvalue weighted by molar-refractivity contribution is -0.911. The number of rotatable bonds is 5. The maximum absolute atomic E-state index is 10.2. The summed E-state index contributed by atoms with van der Waals surface area (Å²) >= 11 is 0. The van der Waals surface area contributed by atoms with Gasteiger partial charge in [-0.25, -0.2) is 0 Å². The average Bonchev–Trinajstić information content (AvgIpc) is 2.40. The fraction of sp³-hybridized carbons (Fsp3) is 0.647. The fourth-order valence-electron chi connectivity index (χ4n) is 3.02. The normalized spacial score (nSPS) is 24.4. The molecule has 2 N–H and O–H groups in total. The molecule has 0 amide bonds. The lowest BCUT2D eigenvalue weighted by Crippen LogP contribution is -3.14. The van der Waals surface area contributed by atoms with Crippen LogP contribution in [0.2, 0.25) is 0 Å². The Balaban J connectivity index is 1.79. The van der Waals surface area contributed by atoms with E-state index in [-0.39, 0.29) is 6.10 Å². The van der Waals surface area contributed by atoms with Crippen LogP contribution in [0, 0.1) is 19.8 Å². The van der Waals surface area contributed by atoms with Crippen LogP contribution in [0.15, 0.2) is 18.2 Å². The summed E-state index contributed by atoms with van der Waals surface area (Å²) in [6.07, 6.45) is 2.23. The molecule has 20 heavy (non-hydrogen) atoms. The summed E-state index contributed by atoms with van der Waals surface area (Å²) in [5.74, 6) is 1.68. The molecule has 1 aliphatic heterocycles. The van der Waals surface area contributed by atoms with Gasteiger partial charge in [-0.3, -0.25) is 0 Å². The molecule has 1 unspecified atom stereocenters. The number of likely N-dealkylation sites (tertiary alicyclic amines) is 1. The van der Waals surface area contributed by atoms with E-state index >= 15 is 0 Å². The zero-order valence-electron chi connectivity index (χ0n) is 13.0. The van der Waals surface area contributed by atoms with Crippen LogP contribution in [0.5, 0.6) is 5.75 Å². The van der Waals surface area contributed by atoms with E-state index in [0.29, 0.717) is 6.61 Å². The Bertz CT molecular complexity index is 433. The molecule has 0 bridgehead atoms. The first-order valence-electron chi connectivity index (χ1n) is 7.76. The highest BCUT2D eigenvalue weighted by Gasteiger charge is 2.22. The minimum atomic E-state index is -0.379. The summed E-state index contributed by atoms with van der Waals surface area (Å²) in [4.78, 5) is 1.51. The van der Waals surface area contributed by atoms with Gasteiger partial charge >= 0.3 is 0 Å². The maximum Gasteiger partial charge on any atom is 0.137 e. The molecule has 112 valence electrons. The molecule has 0 aliphatic carbocycles. The summed E-state index contributed by atoms with van der Waals surface area (Å²) in [5.41, 5.74) is 2.32. The molecule has 3 atom stereocenters. The van der Waals surface area contributed by atoms with Gasteiger partial charge in [0.15, 0.2) is 0 Å². The first-order chi connectivity index (χ1) is 9.54. The van der Waals surface area contributed by atoms with Gasteiger partial charge in [0, 0.05) is 5.92 Å². The van der Waals surface area contributed by atoms with Crippen molar-refractivity contribution in [3.05, 3.63) is 29.3 Å². The maximum atomic E-state index is 10.2. The molecule has 1 aliphatic rings. The molecule has 1 heterocycles. The van der Waals surface area contributed by atoms with E-state index in [0.717, 1.165) is 23.8 Å². The molecule has 3 heteroatoms. The Hall–Kier alpha value is -1.06. The van der Waals surface area contributed by atoms with E-state index in [4.69, 9.17) is 4.74 Å². The highest BCUT2D eigenvalue weighted by atomic mass is 16.5. The lowest BCUT2D eigenvalue weighted by Gasteiger charge is -2.29. The molecule has 0 radical (unpaired) electrons. The van der Waals surface area contributed by atoms with E-state index < -0.39 is 0 Å². The Morgan fingerprint density at radius 2 is 2.20 bits per heavy atom. The number of nitrogens with one attached hydrogen (secondary N) is 1. The van der Waals surface area contributed by atoms with Gasteiger partial charge in [0.2, 0.25) is 0 Å². The number of aliphatic hydroxyl groups is 1. The van der Waals surface area contributed by atoms with Crippen molar-refractivity contribution in [1.29, 1.82) is 0 Å². The van der Waals surface area contributed by atoms with Gasteiger partial charge in [-0.2, -0.15) is 0 Å². The molecule has 1 aromatic rings. The van der Waals surface area contributed by atoms with Crippen LogP contribution in [-0.4, -0.2) is 37.5 Å². The third kappa shape index (κ3) is 4.50. The Morgan fingerprint density at radius 1 is 1.40 bits per heavy atom. The van der Waals surface area contributed by atoms with Gasteiger partial charge in [0.05, 0.1) is 13.1 Å². The molecule has 1 fully saturated rings. The molecular weight excluding hydrogens is 250 g/mol. The first-order valence-corrected chi connectivity index (χ1v) is 7.76. The van der Waals surface area contributed by atoms with E-state index in [1.54, 1.807) is 0 Å². The first kappa shape index (κ1) is 15.3. The van der Waals surface area contributed by atoms with E-state index in [1.165, 1.54) is 36.4 Å². The summed E-state index contributed by atoms with van der Waals surface area (Å²) in [7, 11) is 0. The monoisotopic (exact) mass is 278 g/mol. The summed E-state index contributed by atoms with van der Waals surface area (Å²) in [6.45, 7) is 9.96. The largest absolute Gasteiger partial charge is 0.490 e. The molecule has 0 spiro atoms. The second-order valence-electron chi connectivity index (χ2n) is 6.39. The third-order valence-corrected chi connectivity index (χ3v) is 4.16. The number of ether oxygens (including phenoxy) is 1. The number of hydrogen-bond acceptors (Lipinski definition) is 2.